The summed E-state index contributed by atoms with van der Waals surface area (Å²) in [5, 5.41) is 0. The molecule has 1 fully saturated rings. The van der Waals surface area contributed by atoms with Crippen molar-refractivity contribution in [1.29, 1.82) is 0 Å². The zero-order chi connectivity index (χ0) is 12.3. The normalized spacial score (nSPS) is 20.4. The molecule has 0 aliphatic carbocycles. The van der Waals surface area contributed by atoms with E-state index < -0.39 is 0 Å². The molecule has 2 rings (SSSR count). The highest BCUT2D eigenvalue weighted by Gasteiger charge is 2.23. The molecule has 1 saturated heterocycles. The van der Waals surface area contributed by atoms with Crippen molar-refractivity contribution in [3.8, 4) is 0 Å². The Kier molecular flexibility index (Phi) is 3.76. The zero-order valence-electron chi connectivity index (χ0n) is 10.1. The number of hydrogen-bond donors (Lipinski definition) is 1. The van der Waals surface area contributed by atoms with Gasteiger partial charge in [0, 0.05) is 25.2 Å². The lowest BCUT2D eigenvalue weighted by Crippen LogP contribution is -2.48. The van der Waals surface area contributed by atoms with Gasteiger partial charge in [0.25, 0.3) is 5.91 Å². The summed E-state index contributed by atoms with van der Waals surface area (Å²) >= 11 is 0. The summed E-state index contributed by atoms with van der Waals surface area (Å²) in [6, 6.07) is 7.64. The number of carbonyl (C=O) groups excluding carboxylic acids is 1. The van der Waals surface area contributed by atoms with E-state index in [2.05, 4.69) is 0 Å². The molecule has 0 spiro atoms. The molecule has 2 N–H and O–H groups in total. The van der Waals surface area contributed by atoms with Crippen molar-refractivity contribution in [1.82, 2.24) is 4.90 Å². The Hall–Kier alpha value is -1.39. The van der Waals surface area contributed by atoms with Gasteiger partial charge in [-0.1, -0.05) is 17.7 Å². The molecule has 0 bridgehead atoms. The predicted octanol–water partition coefficient (Wildman–Crippen LogP) is 0.795. The molecule has 1 aliphatic rings. The summed E-state index contributed by atoms with van der Waals surface area (Å²) < 4.78 is 5.44. The van der Waals surface area contributed by atoms with Gasteiger partial charge in [0.2, 0.25) is 0 Å². The van der Waals surface area contributed by atoms with E-state index in [-0.39, 0.29) is 12.0 Å². The van der Waals surface area contributed by atoms with E-state index in [1.165, 1.54) is 0 Å². The van der Waals surface area contributed by atoms with Crippen LogP contribution in [0.25, 0.3) is 0 Å². The molecule has 1 aromatic rings. The maximum atomic E-state index is 12.2. The Morgan fingerprint density at radius 3 is 2.82 bits per heavy atom. The van der Waals surface area contributed by atoms with Crippen molar-refractivity contribution in [2.24, 2.45) is 5.73 Å². The van der Waals surface area contributed by atoms with Gasteiger partial charge in [-0.25, -0.2) is 0 Å². The molecule has 1 aliphatic heterocycles. The highest BCUT2D eigenvalue weighted by molar-refractivity contribution is 5.94. The number of hydrogen-bond acceptors (Lipinski definition) is 3. The Balaban J connectivity index is 2.06. The Labute approximate surface area is 101 Å². The Bertz CT molecular complexity index is 389. The SMILES string of the molecule is Cc1ccc(C(=O)N2CCOC(CN)C2)cc1. The largest absolute Gasteiger partial charge is 0.373 e. The lowest BCUT2D eigenvalue weighted by molar-refractivity contribution is -0.0167. The van der Waals surface area contributed by atoms with Gasteiger partial charge in [-0.15, -0.1) is 0 Å². The topological polar surface area (TPSA) is 55.6 Å². The van der Waals surface area contributed by atoms with Crippen LogP contribution in [-0.4, -0.2) is 43.2 Å². The van der Waals surface area contributed by atoms with Crippen LogP contribution in [0.3, 0.4) is 0 Å². The van der Waals surface area contributed by atoms with Crippen molar-refractivity contribution in [2.45, 2.75) is 13.0 Å². The number of aryl methyl sites for hydroxylation is 1. The summed E-state index contributed by atoms with van der Waals surface area (Å²) in [6.07, 6.45) is -0.0295. The first-order valence-electron chi connectivity index (χ1n) is 5.88. The summed E-state index contributed by atoms with van der Waals surface area (Å²) in [4.78, 5) is 14.0. The third-order valence-electron chi connectivity index (χ3n) is 2.99. The molecule has 92 valence electrons. The minimum atomic E-state index is -0.0295. The van der Waals surface area contributed by atoms with E-state index in [1.807, 2.05) is 36.1 Å². The number of rotatable bonds is 2. The number of amides is 1. The molecule has 0 radical (unpaired) electrons. The summed E-state index contributed by atoms with van der Waals surface area (Å²) in [7, 11) is 0. The minimum Gasteiger partial charge on any atom is -0.373 e. The minimum absolute atomic E-state index is 0.0295. The maximum Gasteiger partial charge on any atom is 0.254 e. The zero-order valence-corrected chi connectivity index (χ0v) is 10.1. The quantitative estimate of drug-likeness (QED) is 0.823. The van der Waals surface area contributed by atoms with Crippen molar-refractivity contribution in [2.75, 3.05) is 26.2 Å². The molecule has 1 aromatic carbocycles. The van der Waals surface area contributed by atoms with Gasteiger partial charge in [0.05, 0.1) is 12.7 Å². The second-order valence-corrected chi connectivity index (χ2v) is 4.35. The first kappa shape index (κ1) is 12.1. The number of carbonyl (C=O) groups is 1. The highest BCUT2D eigenvalue weighted by Crippen LogP contribution is 2.11. The first-order chi connectivity index (χ1) is 8.20. The molecule has 0 saturated carbocycles. The summed E-state index contributed by atoms with van der Waals surface area (Å²) in [6.45, 7) is 4.26. The molecule has 4 nitrogen and oxygen atoms in total. The second kappa shape index (κ2) is 5.29. The van der Waals surface area contributed by atoms with E-state index in [0.717, 1.165) is 11.1 Å². The number of ether oxygens (including phenoxy) is 1. The molecule has 1 amide bonds. The Morgan fingerprint density at radius 1 is 1.47 bits per heavy atom. The van der Waals surface area contributed by atoms with E-state index in [4.69, 9.17) is 10.5 Å². The molecule has 4 heteroatoms. The van der Waals surface area contributed by atoms with Crippen molar-refractivity contribution >= 4 is 5.91 Å². The fourth-order valence-electron chi connectivity index (χ4n) is 1.93. The molecule has 1 heterocycles. The van der Waals surface area contributed by atoms with Gasteiger partial charge < -0.3 is 15.4 Å². The van der Waals surface area contributed by atoms with Crippen LogP contribution < -0.4 is 5.73 Å². The van der Waals surface area contributed by atoms with E-state index in [9.17, 15) is 4.79 Å². The van der Waals surface area contributed by atoms with Crippen LogP contribution in [0.5, 0.6) is 0 Å². The molecule has 17 heavy (non-hydrogen) atoms. The van der Waals surface area contributed by atoms with E-state index in [0.29, 0.717) is 26.2 Å². The van der Waals surface area contributed by atoms with Gasteiger partial charge in [0.15, 0.2) is 0 Å². The smallest absolute Gasteiger partial charge is 0.254 e. The van der Waals surface area contributed by atoms with Crippen LogP contribution in [0.2, 0.25) is 0 Å². The van der Waals surface area contributed by atoms with Crippen LogP contribution in [0.1, 0.15) is 15.9 Å². The standard InChI is InChI=1S/C13H18N2O2/c1-10-2-4-11(5-3-10)13(16)15-6-7-17-12(8-14)9-15/h2-5,12H,6-9,14H2,1H3. The third kappa shape index (κ3) is 2.84. The summed E-state index contributed by atoms with van der Waals surface area (Å²) in [5.41, 5.74) is 7.45. The van der Waals surface area contributed by atoms with Gasteiger partial charge >= 0.3 is 0 Å². The fourth-order valence-corrected chi connectivity index (χ4v) is 1.93. The Morgan fingerprint density at radius 2 is 2.18 bits per heavy atom. The number of nitrogens with zero attached hydrogens (tertiary/aromatic N) is 1. The van der Waals surface area contributed by atoms with Gasteiger partial charge in [0.1, 0.15) is 0 Å². The highest BCUT2D eigenvalue weighted by atomic mass is 16.5. The van der Waals surface area contributed by atoms with Crippen LogP contribution >= 0.6 is 0 Å². The van der Waals surface area contributed by atoms with Crippen molar-refractivity contribution in [3.05, 3.63) is 35.4 Å². The predicted molar refractivity (Wildman–Crippen MR) is 65.9 cm³/mol. The third-order valence-corrected chi connectivity index (χ3v) is 2.99. The lowest BCUT2D eigenvalue weighted by atomic mass is 10.1. The number of morpholine rings is 1. The maximum absolute atomic E-state index is 12.2. The number of nitrogens with two attached hydrogens (primary N) is 1. The molecule has 1 atom stereocenters. The molecule has 1 unspecified atom stereocenters. The second-order valence-electron chi connectivity index (χ2n) is 4.35. The fraction of sp³-hybridized carbons (Fsp3) is 0.462. The van der Waals surface area contributed by atoms with Gasteiger partial charge in [-0.2, -0.15) is 0 Å². The van der Waals surface area contributed by atoms with E-state index >= 15 is 0 Å². The van der Waals surface area contributed by atoms with Crippen LogP contribution in [0.4, 0.5) is 0 Å². The van der Waals surface area contributed by atoms with E-state index in [1.54, 1.807) is 0 Å². The molecule has 0 aromatic heterocycles. The monoisotopic (exact) mass is 234 g/mol. The van der Waals surface area contributed by atoms with Crippen molar-refractivity contribution in [3.63, 3.8) is 0 Å². The van der Waals surface area contributed by atoms with Crippen molar-refractivity contribution < 1.29 is 9.53 Å². The average Bonchev–Trinajstić information content (AvgIpc) is 2.39. The van der Waals surface area contributed by atoms with Crippen LogP contribution in [0.15, 0.2) is 24.3 Å². The molecular formula is C13H18N2O2. The lowest BCUT2D eigenvalue weighted by Gasteiger charge is -2.32. The average molecular weight is 234 g/mol. The first-order valence-corrected chi connectivity index (χ1v) is 5.88. The van der Waals surface area contributed by atoms with Crippen LogP contribution in [-0.2, 0) is 4.74 Å². The number of benzene rings is 1. The molecular weight excluding hydrogens is 216 g/mol. The van der Waals surface area contributed by atoms with Crippen LogP contribution in [0, 0.1) is 6.92 Å². The summed E-state index contributed by atoms with van der Waals surface area (Å²) in [5.74, 6) is 0.0618. The van der Waals surface area contributed by atoms with Gasteiger partial charge in [-0.3, -0.25) is 4.79 Å². The van der Waals surface area contributed by atoms with Gasteiger partial charge in [-0.05, 0) is 19.1 Å².